The van der Waals surface area contributed by atoms with Crippen LogP contribution in [0, 0.1) is 10.1 Å². The zero-order valence-corrected chi connectivity index (χ0v) is 9.77. The Kier molecular flexibility index (Phi) is 3.40. The molecule has 0 saturated carbocycles. The minimum absolute atomic E-state index is 0.0603. The molecule has 0 bridgehead atoms. The minimum atomic E-state index is -0.392. The highest BCUT2D eigenvalue weighted by atomic mass is 32.1. The van der Waals surface area contributed by atoms with Crippen LogP contribution in [0.3, 0.4) is 0 Å². The number of nitrogens with one attached hydrogen (secondary N) is 2. The van der Waals surface area contributed by atoms with Crippen molar-refractivity contribution in [3.8, 4) is 0 Å². The highest BCUT2D eigenvalue weighted by molar-refractivity contribution is 7.15. The Bertz CT molecular complexity index is 496. The number of rotatable bonds is 5. The van der Waals surface area contributed by atoms with Gasteiger partial charge in [0.25, 0.3) is 0 Å². The molecule has 2 heterocycles. The molecule has 1 unspecified atom stereocenters. The van der Waals surface area contributed by atoms with E-state index in [1.807, 2.05) is 6.92 Å². The van der Waals surface area contributed by atoms with Gasteiger partial charge in [0.2, 0.25) is 0 Å². The Morgan fingerprint density at radius 2 is 2.47 bits per heavy atom. The van der Waals surface area contributed by atoms with E-state index in [1.54, 1.807) is 6.07 Å². The van der Waals surface area contributed by atoms with Gasteiger partial charge >= 0.3 is 5.00 Å². The largest absolute Gasteiger partial charge is 0.324 e. The first-order valence-electron chi connectivity index (χ1n) is 4.86. The van der Waals surface area contributed by atoms with Gasteiger partial charge in [0.15, 0.2) is 5.82 Å². The molecule has 0 radical (unpaired) electrons. The summed E-state index contributed by atoms with van der Waals surface area (Å²) in [5.74, 6) is 0.566. The third-order valence-electron chi connectivity index (χ3n) is 2.16. The number of H-pyrrole nitrogens is 1. The van der Waals surface area contributed by atoms with Gasteiger partial charge in [-0.05, 0) is 13.0 Å². The molecule has 1 atom stereocenters. The van der Waals surface area contributed by atoms with E-state index in [2.05, 4.69) is 25.9 Å². The summed E-state index contributed by atoms with van der Waals surface area (Å²) in [5, 5.41) is 27.3. The number of aromatic amines is 1. The van der Waals surface area contributed by atoms with E-state index >= 15 is 0 Å². The quantitative estimate of drug-likeness (QED) is 0.609. The predicted molar refractivity (Wildman–Crippen MR) is 60.4 cm³/mol. The molecule has 0 aromatic carbocycles. The maximum absolute atomic E-state index is 10.5. The Balaban J connectivity index is 1.91. The van der Waals surface area contributed by atoms with Gasteiger partial charge in [-0.1, -0.05) is 16.6 Å². The highest BCUT2D eigenvalue weighted by Crippen LogP contribution is 2.24. The fourth-order valence-corrected chi connectivity index (χ4v) is 2.03. The molecule has 0 fully saturated rings. The second kappa shape index (κ2) is 4.97. The van der Waals surface area contributed by atoms with Gasteiger partial charge in [-0.2, -0.15) is 5.21 Å². The van der Waals surface area contributed by atoms with Crippen molar-refractivity contribution in [1.29, 1.82) is 0 Å². The average Bonchev–Trinajstić information content (AvgIpc) is 2.97. The monoisotopic (exact) mass is 254 g/mol. The molecule has 17 heavy (non-hydrogen) atoms. The van der Waals surface area contributed by atoms with Crippen LogP contribution in [0.5, 0.6) is 0 Å². The maximum atomic E-state index is 10.5. The first-order chi connectivity index (χ1) is 8.16. The van der Waals surface area contributed by atoms with Gasteiger partial charge in [0, 0.05) is 17.5 Å². The molecular formula is C8H10N6O2S. The van der Waals surface area contributed by atoms with Crippen molar-refractivity contribution in [2.75, 3.05) is 0 Å². The molecule has 90 valence electrons. The Labute approximate surface area is 100 Å². The van der Waals surface area contributed by atoms with Crippen LogP contribution >= 0.6 is 11.3 Å². The van der Waals surface area contributed by atoms with Crippen LogP contribution in [-0.2, 0) is 6.54 Å². The van der Waals surface area contributed by atoms with E-state index in [1.165, 1.54) is 6.07 Å². The van der Waals surface area contributed by atoms with Gasteiger partial charge < -0.3 is 5.32 Å². The molecule has 0 aliphatic heterocycles. The lowest BCUT2D eigenvalue weighted by Crippen LogP contribution is -2.18. The molecule has 0 saturated heterocycles. The van der Waals surface area contributed by atoms with Crippen LogP contribution in [0.25, 0.3) is 0 Å². The zero-order chi connectivity index (χ0) is 12.3. The SMILES string of the molecule is CC(NCc1ccc([N+](=O)[O-])s1)c1nn[nH]n1. The number of nitrogens with zero attached hydrogens (tertiary/aromatic N) is 4. The van der Waals surface area contributed by atoms with Crippen molar-refractivity contribution in [2.24, 2.45) is 0 Å². The lowest BCUT2D eigenvalue weighted by Gasteiger charge is -2.07. The minimum Gasteiger partial charge on any atom is -0.302 e. The molecule has 2 aromatic heterocycles. The second-order valence-corrected chi connectivity index (χ2v) is 4.52. The van der Waals surface area contributed by atoms with E-state index in [-0.39, 0.29) is 11.0 Å². The fourth-order valence-electron chi connectivity index (χ4n) is 1.26. The summed E-state index contributed by atoms with van der Waals surface area (Å²) in [7, 11) is 0. The summed E-state index contributed by atoms with van der Waals surface area (Å²) in [6.07, 6.45) is 0. The van der Waals surface area contributed by atoms with Crippen LogP contribution in [0.15, 0.2) is 12.1 Å². The molecule has 9 heteroatoms. The molecule has 2 rings (SSSR count). The number of aromatic nitrogens is 4. The summed E-state index contributed by atoms with van der Waals surface area (Å²) in [6, 6.07) is 3.18. The van der Waals surface area contributed by atoms with Crippen molar-refractivity contribution in [1.82, 2.24) is 25.9 Å². The van der Waals surface area contributed by atoms with Gasteiger partial charge in [-0.25, -0.2) is 0 Å². The summed E-state index contributed by atoms with van der Waals surface area (Å²) in [5.41, 5.74) is 0. The summed E-state index contributed by atoms with van der Waals surface area (Å²) in [6.45, 7) is 2.43. The number of hydrogen-bond donors (Lipinski definition) is 2. The second-order valence-electron chi connectivity index (χ2n) is 3.37. The van der Waals surface area contributed by atoms with Crippen molar-refractivity contribution in [3.63, 3.8) is 0 Å². The third kappa shape index (κ3) is 2.82. The van der Waals surface area contributed by atoms with Crippen LogP contribution in [0.4, 0.5) is 5.00 Å². The average molecular weight is 254 g/mol. The lowest BCUT2D eigenvalue weighted by atomic mass is 10.3. The first-order valence-corrected chi connectivity index (χ1v) is 5.68. The Morgan fingerprint density at radius 1 is 1.65 bits per heavy atom. The summed E-state index contributed by atoms with van der Waals surface area (Å²) >= 11 is 1.15. The number of nitro groups is 1. The van der Waals surface area contributed by atoms with Gasteiger partial charge in [-0.15, -0.1) is 10.2 Å². The smallest absolute Gasteiger partial charge is 0.302 e. The van der Waals surface area contributed by atoms with Gasteiger partial charge in [0.05, 0.1) is 11.0 Å². The highest BCUT2D eigenvalue weighted by Gasteiger charge is 2.12. The van der Waals surface area contributed by atoms with Crippen molar-refractivity contribution < 1.29 is 4.92 Å². The van der Waals surface area contributed by atoms with Crippen molar-refractivity contribution >= 4 is 16.3 Å². The molecular weight excluding hydrogens is 244 g/mol. The summed E-state index contributed by atoms with van der Waals surface area (Å²) < 4.78 is 0. The molecule has 0 amide bonds. The van der Waals surface area contributed by atoms with Gasteiger partial charge in [0.1, 0.15) is 0 Å². The van der Waals surface area contributed by atoms with Crippen LogP contribution < -0.4 is 5.32 Å². The molecule has 0 aliphatic rings. The standard InChI is InChI=1S/C8H10N6O2S/c1-5(8-10-12-13-11-8)9-4-6-2-3-7(17-6)14(15)16/h2-3,5,9H,4H2,1H3,(H,10,11,12,13). The molecule has 0 spiro atoms. The fraction of sp³-hybridized carbons (Fsp3) is 0.375. The normalized spacial score (nSPS) is 12.5. The summed E-state index contributed by atoms with van der Waals surface area (Å²) in [4.78, 5) is 11.0. The number of thiophene rings is 1. The van der Waals surface area contributed by atoms with Crippen LogP contribution in [-0.4, -0.2) is 25.5 Å². The zero-order valence-electron chi connectivity index (χ0n) is 8.95. The van der Waals surface area contributed by atoms with E-state index in [0.29, 0.717) is 12.4 Å². The van der Waals surface area contributed by atoms with Crippen LogP contribution in [0.1, 0.15) is 23.7 Å². The molecule has 8 nitrogen and oxygen atoms in total. The molecule has 2 aromatic rings. The topological polar surface area (TPSA) is 110 Å². The lowest BCUT2D eigenvalue weighted by molar-refractivity contribution is -0.380. The molecule has 0 aliphatic carbocycles. The van der Waals surface area contributed by atoms with E-state index < -0.39 is 4.92 Å². The van der Waals surface area contributed by atoms with Crippen molar-refractivity contribution in [2.45, 2.75) is 19.5 Å². The Hall–Kier alpha value is -1.87. The molecule has 2 N–H and O–H groups in total. The van der Waals surface area contributed by atoms with E-state index in [4.69, 9.17) is 0 Å². The van der Waals surface area contributed by atoms with Gasteiger partial charge in [-0.3, -0.25) is 10.1 Å². The first kappa shape index (κ1) is 11.6. The predicted octanol–water partition coefficient (Wildman–Crippen LogP) is 1.02. The van der Waals surface area contributed by atoms with Crippen molar-refractivity contribution in [3.05, 3.63) is 32.9 Å². The maximum Gasteiger partial charge on any atom is 0.324 e. The Morgan fingerprint density at radius 3 is 3.06 bits per heavy atom. The van der Waals surface area contributed by atoms with E-state index in [0.717, 1.165) is 16.2 Å². The van der Waals surface area contributed by atoms with E-state index in [9.17, 15) is 10.1 Å². The number of tetrazole rings is 1. The van der Waals surface area contributed by atoms with Crippen LogP contribution in [0.2, 0.25) is 0 Å². The third-order valence-corrected chi connectivity index (χ3v) is 3.20. The number of hydrogen-bond acceptors (Lipinski definition) is 7.